The van der Waals surface area contributed by atoms with Crippen LogP contribution in [0.5, 0.6) is 5.75 Å². The van der Waals surface area contributed by atoms with Gasteiger partial charge in [-0.3, -0.25) is 0 Å². The van der Waals surface area contributed by atoms with E-state index in [4.69, 9.17) is 11.3 Å². The molecule has 62 valence electrons. The highest BCUT2D eigenvalue weighted by molar-refractivity contribution is 5.36. The van der Waals surface area contributed by atoms with E-state index in [9.17, 15) is 0 Å². The van der Waals surface area contributed by atoms with Gasteiger partial charge < -0.3 is 9.58 Å². The summed E-state index contributed by atoms with van der Waals surface area (Å²) in [5, 5.41) is 0. The van der Waals surface area contributed by atoms with Crippen molar-refractivity contribution in [1.82, 2.24) is 0 Å². The van der Waals surface area contributed by atoms with Gasteiger partial charge in [-0.25, -0.2) is 6.57 Å². The number of hydrogen-bond acceptors (Lipinski definition) is 1. The van der Waals surface area contributed by atoms with Crippen LogP contribution in [0.15, 0.2) is 18.2 Å². The average molecular weight is 161 g/mol. The molecule has 0 bridgehead atoms. The molecule has 0 unspecified atom stereocenters. The molecule has 0 aliphatic carbocycles. The summed E-state index contributed by atoms with van der Waals surface area (Å²) >= 11 is 0. The van der Waals surface area contributed by atoms with Gasteiger partial charge in [0.15, 0.2) is 0 Å². The third-order valence-electron chi connectivity index (χ3n) is 1.72. The molecular weight excluding hydrogens is 150 g/mol. The first-order valence-corrected chi connectivity index (χ1v) is 3.74. The molecule has 1 aromatic rings. The van der Waals surface area contributed by atoms with E-state index in [1.54, 1.807) is 7.11 Å². The molecule has 0 fully saturated rings. The van der Waals surface area contributed by atoms with Gasteiger partial charge in [0.25, 0.3) is 0 Å². The Labute approximate surface area is 72.6 Å². The zero-order valence-corrected chi connectivity index (χ0v) is 7.29. The van der Waals surface area contributed by atoms with Crippen molar-refractivity contribution in [3.8, 4) is 5.75 Å². The molecule has 0 spiro atoms. The van der Waals surface area contributed by atoms with Crippen molar-refractivity contribution in [1.29, 1.82) is 0 Å². The lowest BCUT2D eigenvalue weighted by molar-refractivity contribution is 0.411. The molecule has 1 aromatic carbocycles. The second kappa shape index (κ2) is 3.77. The number of ether oxygens (including phenoxy) is 1. The second-order valence-corrected chi connectivity index (χ2v) is 2.62. The Kier molecular flexibility index (Phi) is 2.71. The summed E-state index contributed by atoms with van der Waals surface area (Å²) in [5.41, 5.74) is 2.13. The number of nitrogens with zero attached hydrogens (tertiary/aromatic N) is 1. The van der Waals surface area contributed by atoms with Gasteiger partial charge in [-0.1, -0.05) is 0 Å². The maximum Gasteiger partial charge on any atom is 0.239 e. The Morgan fingerprint density at radius 3 is 2.75 bits per heavy atom. The van der Waals surface area contributed by atoms with Gasteiger partial charge in [0, 0.05) is 5.56 Å². The van der Waals surface area contributed by atoms with Crippen molar-refractivity contribution in [2.45, 2.75) is 13.5 Å². The standard InChI is InChI=1S/C10H11NO/c1-8-6-9(7-11-2)4-5-10(8)12-3/h4-6H,7H2,1,3H3. The third kappa shape index (κ3) is 1.76. The first-order valence-electron chi connectivity index (χ1n) is 3.74. The predicted octanol–water partition coefficient (Wildman–Crippen LogP) is 2.42. The van der Waals surface area contributed by atoms with E-state index < -0.39 is 0 Å². The Morgan fingerprint density at radius 2 is 2.25 bits per heavy atom. The molecule has 0 radical (unpaired) electrons. The molecular formula is C10H11NO. The quantitative estimate of drug-likeness (QED) is 0.607. The molecule has 0 atom stereocenters. The van der Waals surface area contributed by atoms with Crippen LogP contribution in [0.25, 0.3) is 4.85 Å². The minimum atomic E-state index is 0.449. The summed E-state index contributed by atoms with van der Waals surface area (Å²) in [5.74, 6) is 0.878. The number of hydrogen-bond donors (Lipinski definition) is 0. The summed E-state index contributed by atoms with van der Waals surface area (Å²) in [7, 11) is 1.65. The van der Waals surface area contributed by atoms with Crippen LogP contribution in [-0.2, 0) is 6.54 Å². The van der Waals surface area contributed by atoms with Gasteiger partial charge in [-0.05, 0) is 30.7 Å². The van der Waals surface area contributed by atoms with Crippen molar-refractivity contribution in [3.05, 3.63) is 40.7 Å². The summed E-state index contributed by atoms with van der Waals surface area (Å²) in [4.78, 5) is 3.31. The molecule has 0 amide bonds. The molecule has 0 saturated heterocycles. The fraction of sp³-hybridized carbons (Fsp3) is 0.300. The van der Waals surface area contributed by atoms with Crippen LogP contribution in [0, 0.1) is 13.5 Å². The van der Waals surface area contributed by atoms with Gasteiger partial charge >= 0.3 is 0 Å². The topological polar surface area (TPSA) is 13.6 Å². The first-order chi connectivity index (χ1) is 5.77. The van der Waals surface area contributed by atoms with Crippen LogP contribution >= 0.6 is 0 Å². The van der Waals surface area contributed by atoms with E-state index in [1.165, 1.54) is 0 Å². The smallest absolute Gasteiger partial charge is 0.239 e. The lowest BCUT2D eigenvalue weighted by Crippen LogP contribution is -1.88. The lowest BCUT2D eigenvalue weighted by atomic mass is 10.1. The second-order valence-electron chi connectivity index (χ2n) is 2.62. The van der Waals surface area contributed by atoms with Crippen LogP contribution in [0.4, 0.5) is 0 Å². The summed E-state index contributed by atoms with van der Waals surface area (Å²) in [6.07, 6.45) is 0. The third-order valence-corrected chi connectivity index (χ3v) is 1.72. The Morgan fingerprint density at radius 1 is 1.50 bits per heavy atom. The first kappa shape index (κ1) is 8.61. The maximum atomic E-state index is 6.70. The van der Waals surface area contributed by atoms with Crippen LogP contribution in [0.2, 0.25) is 0 Å². The Bertz CT molecular complexity index is 312. The fourth-order valence-corrected chi connectivity index (χ4v) is 1.13. The molecule has 2 nitrogen and oxygen atoms in total. The molecule has 0 aliphatic heterocycles. The lowest BCUT2D eigenvalue weighted by Gasteiger charge is -2.03. The molecule has 0 saturated carbocycles. The highest BCUT2D eigenvalue weighted by Crippen LogP contribution is 2.18. The van der Waals surface area contributed by atoms with Crippen molar-refractivity contribution in [2.75, 3.05) is 7.11 Å². The highest BCUT2D eigenvalue weighted by Gasteiger charge is 2.00. The van der Waals surface area contributed by atoms with E-state index in [-0.39, 0.29) is 0 Å². The van der Waals surface area contributed by atoms with Gasteiger partial charge in [0.1, 0.15) is 5.75 Å². The van der Waals surface area contributed by atoms with Gasteiger partial charge in [0.05, 0.1) is 7.11 Å². The molecule has 2 heteroatoms. The molecule has 0 aromatic heterocycles. The molecule has 1 rings (SSSR count). The van der Waals surface area contributed by atoms with E-state index >= 15 is 0 Å². The van der Waals surface area contributed by atoms with Crippen molar-refractivity contribution >= 4 is 0 Å². The largest absolute Gasteiger partial charge is 0.496 e. The zero-order valence-electron chi connectivity index (χ0n) is 7.29. The van der Waals surface area contributed by atoms with Gasteiger partial charge in [0.2, 0.25) is 6.54 Å². The number of methoxy groups -OCH3 is 1. The molecule has 0 heterocycles. The maximum absolute atomic E-state index is 6.70. The van der Waals surface area contributed by atoms with Crippen LogP contribution in [0.1, 0.15) is 11.1 Å². The van der Waals surface area contributed by atoms with Crippen LogP contribution in [0.3, 0.4) is 0 Å². The van der Waals surface area contributed by atoms with Crippen LogP contribution < -0.4 is 4.74 Å². The summed E-state index contributed by atoms with van der Waals surface area (Å²) in [6, 6.07) is 5.80. The van der Waals surface area contributed by atoms with Crippen molar-refractivity contribution in [3.63, 3.8) is 0 Å². The van der Waals surface area contributed by atoms with Crippen molar-refractivity contribution < 1.29 is 4.74 Å². The predicted molar refractivity (Wildman–Crippen MR) is 48.0 cm³/mol. The van der Waals surface area contributed by atoms with Gasteiger partial charge in [-0.2, -0.15) is 0 Å². The molecule has 12 heavy (non-hydrogen) atoms. The Hall–Kier alpha value is -1.49. The zero-order chi connectivity index (χ0) is 8.97. The number of rotatable bonds is 2. The van der Waals surface area contributed by atoms with Crippen molar-refractivity contribution in [2.24, 2.45) is 0 Å². The molecule has 0 N–H and O–H groups in total. The SMILES string of the molecule is [C-]#[N+]Cc1ccc(OC)c(C)c1. The number of aryl methyl sites for hydroxylation is 1. The minimum Gasteiger partial charge on any atom is -0.496 e. The van der Waals surface area contributed by atoms with Crippen LogP contribution in [-0.4, -0.2) is 7.11 Å². The van der Waals surface area contributed by atoms with E-state index in [2.05, 4.69) is 4.85 Å². The summed E-state index contributed by atoms with van der Waals surface area (Å²) in [6.45, 7) is 9.13. The van der Waals surface area contributed by atoms with E-state index in [0.717, 1.165) is 16.9 Å². The molecule has 0 aliphatic rings. The van der Waals surface area contributed by atoms with E-state index in [0.29, 0.717) is 6.54 Å². The normalized spacial score (nSPS) is 9.08. The highest BCUT2D eigenvalue weighted by atomic mass is 16.5. The monoisotopic (exact) mass is 161 g/mol. The average Bonchev–Trinajstić information content (AvgIpc) is 2.05. The number of benzene rings is 1. The minimum absolute atomic E-state index is 0.449. The fourth-order valence-electron chi connectivity index (χ4n) is 1.13. The summed E-state index contributed by atoms with van der Waals surface area (Å²) < 4.78 is 5.10. The van der Waals surface area contributed by atoms with Gasteiger partial charge in [-0.15, -0.1) is 0 Å². The Balaban J connectivity index is 2.95. The van der Waals surface area contributed by atoms with E-state index in [1.807, 2.05) is 25.1 Å².